The van der Waals surface area contributed by atoms with Gasteiger partial charge in [0.15, 0.2) is 5.65 Å². The van der Waals surface area contributed by atoms with Crippen molar-refractivity contribution in [2.45, 2.75) is 58.2 Å². The molecular formula is C33H32N6O. The number of fused-ring (bicyclic) bond motifs is 3. The molecule has 2 N–H and O–H groups in total. The third-order valence-electron chi connectivity index (χ3n) is 7.94. The first-order valence-electron chi connectivity index (χ1n) is 14.2. The number of hydrogen-bond donors (Lipinski definition) is 2. The van der Waals surface area contributed by atoms with Gasteiger partial charge in [-0.05, 0) is 90.1 Å². The molecule has 7 rings (SSSR count). The van der Waals surface area contributed by atoms with Crippen molar-refractivity contribution < 1.29 is 4.74 Å². The molecule has 0 bridgehead atoms. The Morgan fingerprint density at radius 2 is 1.40 bits per heavy atom. The van der Waals surface area contributed by atoms with Crippen LogP contribution in [0.2, 0.25) is 0 Å². The average Bonchev–Trinajstić information content (AvgIpc) is 3.67. The summed E-state index contributed by atoms with van der Waals surface area (Å²) in [5.74, 6) is 1.34. The van der Waals surface area contributed by atoms with Crippen molar-refractivity contribution in [1.29, 1.82) is 0 Å². The molecule has 0 unspecified atom stereocenters. The highest BCUT2D eigenvalue weighted by Gasteiger charge is 2.13. The van der Waals surface area contributed by atoms with E-state index in [1.54, 1.807) is 12.5 Å². The number of pyridine rings is 2. The van der Waals surface area contributed by atoms with Crippen LogP contribution in [0.5, 0.6) is 5.88 Å². The lowest BCUT2D eigenvalue weighted by Gasteiger charge is -2.11. The van der Waals surface area contributed by atoms with Gasteiger partial charge in [-0.3, -0.25) is 0 Å². The van der Waals surface area contributed by atoms with E-state index in [1.165, 1.54) is 71.9 Å². The lowest BCUT2D eigenvalue weighted by atomic mass is 10.1. The molecule has 0 radical (unpaired) electrons. The zero-order valence-corrected chi connectivity index (χ0v) is 22.5. The smallest absolute Gasteiger partial charge is 0.215 e. The minimum absolute atomic E-state index is 0.305. The number of ether oxygens (including phenoxy) is 1. The van der Waals surface area contributed by atoms with Crippen LogP contribution in [-0.2, 0) is 45.4 Å². The minimum Gasteiger partial charge on any atom is -0.471 e. The first kappa shape index (κ1) is 24.5. The summed E-state index contributed by atoms with van der Waals surface area (Å²) < 4.78 is 5.99. The maximum absolute atomic E-state index is 5.99. The van der Waals surface area contributed by atoms with Gasteiger partial charge in [0.1, 0.15) is 18.8 Å². The van der Waals surface area contributed by atoms with Crippen LogP contribution < -0.4 is 15.4 Å². The van der Waals surface area contributed by atoms with Gasteiger partial charge in [-0.15, -0.1) is 0 Å². The van der Waals surface area contributed by atoms with Crippen molar-refractivity contribution in [3.05, 3.63) is 112 Å². The summed E-state index contributed by atoms with van der Waals surface area (Å²) in [5.41, 5.74) is 10.9. The maximum atomic E-state index is 5.99. The molecule has 0 saturated carbocycles. The first-order valence-corrected chi connectivity index (χ1v) is 14.2. The molecule has 0 amide bonds. The van der Waals surface area contributed by atoms with Gasteiger partial charge >= 0.3 is 0 Å². The van der Waals surface area contributed by atoms with Crippen LogP contribution in [0.15, 0.2) is 73.2 Å². The highest BCUT2D eigenvalue weighted by atomic mass is 16.5. The molecule has 2 aromatic carbocycles. The predicted molar refractivity (Wildman–Crippen MR) is 157 cm³/mol. The van der Waals surface area contributed by atoms with Gasteiger partial charge in [-0.25, -0.2) is 19.9 Å². The van der Waals surface area contributed by atoms with Crippen molar-refractivity contribution in [3.63, 3.8) is 0 Å². The number of aryl methyl sites for hydroxylation is 4. The Morgan fingerprint density at radius 1 is 0.675 bits per heavy atom. The van der Waals surface area contributed by atoms with Crippen LogP contribution in [0, 0.1) is 0 Å². The third kappa shape index (κ3) is 5.32. The normalized spacial score (nSPS) is 13.7. The number of hydrogen-bond acceptors (Lipinski definition) is 7. The van der Waals surface area contributed by atoms with Gasteiger partial charge in [-0.2, -0.15) is 0 Å². The lowest BCUT2D eigenvalue weighted by molar-refractivity contribution is 0.290. The van der Waals surface area contributed by atoms with Crippen LogP contribution in [0.1, 0.15) is 51.9 Å². The zero-order chi connectivity index (χ0) is 26.7. The summed E-state index contributed by atoms with van der Waals surface area (Å²) in [5, 5.41) is 7.86. The number of aromatic nitrogens is 4. The van der Waals surface area contributed by atoms with E-state index in [0.29, 0.717) is 24.7 Å². The zero-order valence-electron chi connectivity index (χ0n) is 22.5. The van der Waals surface area contributed by atoms with E-state index >= 15 is 0 Å². The van der Waals surface area contributed by atoms with Crippen LogP contribution in [0.25, 0.3) is 11.0 Å². The number of benzene rings is 2. The van der Waals surface area contributed by atoms with E-state index in [-0.39, 0.29) is 0 Å². The molecule has 3 heterocycles. The molecule has 2 aliphatic carbocycles. The van der Waals surface area contributed by atoms with E-state index in [4.69, 9.17) is 9.72 Å². The molecule has 7 nitrogen and oxygen atoms in total. The quantitative estimate of drug-likeness (QED) is 0.236. The van der Waals surface area contributed by atoms with Gasteiger partial charge in [-0.1, -0.05) is 36.4 Å². The Balaban J connectivity index is 0.976. The molecule has 3 aromatic heterocycles. The topological polar surface area (TPSA) is 84.9 Å². The highest BCUT2D eigenvalue weighted by molar-refractivity contribution is 5.86. The Morgan fingerprint density at radius 3 is 2.17 bits per heavy atom. The van der Waals surface area contributed by atoms with Gasteiger partial charge in [0, 0.05) is 31.0 Å². The fourth-order valence-corrected chi connectivity index (χ4v) is 5.81. The molecule has 40 heavy (non-hydrogen) atoms. The Hall–Kier alpha value is -4.52. The monoisotopic (exact) mass is 528 g/mol. The molecule has 0 aliphatic heterocycles. The molecular weight excluding hydrogens is 496 g/mol. The summed E-state index contributed by atoms with van der Waals surface area (Å²) >= 11 is 0. The second-order valence-corrected chi connectivity index (χ2v) is 10.7. The van der Waals surface area contributed by atoms with Crippen LogP contribution in [-0.4, -0.2) is 19.9 Å². The van der Waals surface area contributed by atoms with E-state index in [0.717, 1.165) is 29.1 Å². The average molecular weight is 529 g/mol. The largest absolute Gasteiger partial charge is 0.471 e. The van der Waals surface area contributed by atoms with Crippen molar-refractivity contribution in [2.75, 3.05) is 10.6 Å². The van der Waals surface area contributed by atoms with Gasteiger partial charge in [0.05, 0.1) is 11.1 Å². The van der Waals surface area contributed by atoms with E-state index in [9.17, 15) is 0 Å². The van der Waals surface area contributed by atoms with E-state index < -0.39 is 0 Å². The molecule has 5 aromatic rings. The van der Waals surface area contributed by atoms with Crippen LogP contribution in [0.4, 0.5) is 11.5 Å². The molecule has 0 saturated heterocycles. The van der Waals surface area contributed by atoms with Crippen LogP contribution in [0.3, 0.4) is 0 Å². The molecule has 200 valence electrons. The van der Waals surface area contributed by atoms with Gasteiger partial charge in [0.2, 0.25) is 5.88 Å². The van der Waals surface area contributed by atoms with Crippen molar-refractivity contribution in [3.8, 4) is 5.88 Å². The fraction of sp³-hybridized carbons (Fsp3) is 0.273. The lowest BCUT2D eigenvalue weighted by Crippen LogP contribution is -2.05. The second-order valence-electron chi connectivity index (χ2n) is 10.7. The standard InChI is InChI=1S/C33H32N6O/c1-3-24-9-7-22(15-26(24)5-1)18-35-28-13-14-34-31(17-28)40-20-29-11-12-30-32(37-21-38-33(30)39-29)36-19-23-8-10-25-4-2-6-27(25)16-23/h7-17,21H,1-6,18-20H2,(H,34,35)(H,36,37,38,39). The van der Waals surface area contributed by atoms with E-state index in [2.05, 4.69) is 62.0 Å². The summed E-state index contributed by atoms with van der Waals surface area (Å²) in [7, 11) is 0. The van der Waals surface area contributed by atoms with Crippen molar-refractivity contribution >= 4 is 22.5 Å². The summed E-state index contributed by atoms with van der Waals surface area (Å²) in [6.45, 7) is 1.79. The Kier molecular flexibility index (Phi) is 6.70. The van der Waals surface area contributed by atoms with E-state index in [1.807, 2.05) is 24.3 Å². The van der Waals surface area contributed by atoms with Crippen molar-refractivity contribution in [2.24, 2.45) is 0 Å². The summed E-state index contributed by atoms with van der Waals surface area (Å²) in [6.07, 6.45) is 10.6. The number of rotatable bonds is 9. The second kappa shape index (κ2) is 10.9. The van der Waals surface area contributed by atoms with Gasteiger partial charge in [0.25, 0.3) is 0 Å². The molecule has 7 heteroatoms. The van der Waals surface area contributed by atoms with Crippen LogP contribution >= 0.6 is 0 Å². The summed E-state index contributed by atoms with van der Waals surface area (Å²) in [4.78, 5) is 18.0. The highest BCUT2D eigenvalue weighted by Crippen LogP contribution is 2.25. The SMILES string of the molecule is c1cc(NCc2ccc3c(c2)CCC3)cc(OCc2ccc3c(NCc4ccc5c(c4)CCC5)ncnc3n2)n1. The third-order valence-corrected chi connectivity index (χ3v) is 7.94. The predicted octanol–water partition coefficient (Wildman–Crippen LogP) is 6.20. The number of nitrogens with one attached hydrogen (secondary N) is 2. The maximum Gasteiger partial charge on any atom is 0.215 e. The van der Waals surface area contributed by atoms with Crippen molar-refractivity contribution in [1.82, 2.24) is 19.9 Å². The first-order chi connectivity index (χ1) is 19.8. The van der Waals surface area contributed by atoms with Gasteiger partial charge < -0.3 is 15.4 Å². The Labute approximate surface area is 234 Å². The molecule has 2 aliphatic rings. The molecule has 0 fully saturated rings. The molecule has 0 atom stereocenters. The number of anilines is 2. The molecule has 0 spiro atoms. The fourth-order valence-electron chi connectivity index (χ4n) is 5.81. The Bertz CT molecular complexity index is 1680. The minimum atomic E-state index is 0.305. The summed E-state index contributed by atoms with van der Waals surface area (Å²) in [6, 6.07) is 21.5. The number of nitrogens with zero attached hydrogens (tertiary/aromatic N) is 4.